The smallest absolute Gasteiger partial charge is 0.336 e. The molecule has 1 aromatic rings. The van der Waals surface area contributed by atoms with Gasteiger partial charge in [-0.3, -0.25) is 24.3 Å². The number of aliphatic imine (C=N–C) groups is 1. The van der Waals surface area contributed by atoms with E-state index in [-0.39, 0.29) is 33.6 Å². The van der Waals surface area contributed by atoms with Gasteiger partial charge in [-0.15, -0.1) is 0 Å². The summed E-state index contributed by atoms with van der Waals surface area (Å²) >= 11 is 13.1. The van der Waals surface area contributed by atoms with Gasteiger partial charge in [-0.25, -0.2) is 4.79 Å². The molecule has 220 valence electrons. The highest BCUT2D eigenvalue weighted by atomic mass is 35.5. The predicted octanol–water partition coefficient (Wildman–Crippen LogP) is 4.06. The van der Waals surface area contributed by atoms with E-state index >= 15 is 0 Å². The Balaban J connectivity index is 1.37. The number of hydrogen-bond acceptors (Lipinski definition) is 8. The molecule has 3 fully saturated rings. The zero-order chi connectivity index (χ0) is 29.4. The van der Waals surface area contributed by atoms with E-state index in [1.54, 1.807) is 30.0 Å². The van der Waals surface area contributed by atoms with Gasteiger partial charge in [0.25, 0.3) is 0 Å². The first-order valence-corrected chi connectivity index (χ1v) is 14.8. The summed E-state index contributed by atoms with van der Waals surface area (Å²) < 4.78 is 10.2. The fraction of sp³-hybridized carbons (Fsp3) is 0.567. The van der Waals surface area contributed by atoms with Crippen LogP contribution < -0.4 is 0 Å². The van der Waals surface area contributed by atoms with Crippen LogP contribution in [0.25, 0.3) is 0 Å². The monoisotopic (exact) mass is 603 g/mol. The second-order valence-electron chi connectivity index (χ2n) is 11.4. The van der Waals surface area contributed by atoms with Gasteiger partial charge in [0.2, 0.25) is 5.91 Å². The molecule has 0 N–H and O–H groups in total. The minimum Gasteiger partial charge on any atom is -0.468 e. The molecular formula is C30H35Cl2N3O6. The predicted molar refractivity (Wildman–Crippen MR) is 154 cm³/mol. The third kappa shape index (κ3) is 5.81. The average molecular weight is 605 g/mol. The fourth-order valence-electron chi connectivity index (χ4n) is 7.21. The first-order valence-electron chi connectivity index (χ1n) is 14.0. The number of carbonyl (C=O) groups excluding carboxylic acids is 4. The normalized spacial score (nSPS) is 28.4. The van der Waals surface area contributed by atoms with Gasteiger partial charge in [0, 0.05) is 66.7 Å². The number of ketones is 1. The maximum atomic E-state index is 13.6. The molecule has 5 rings (SSSR count). The standard InChI is InChI=1S/C30H35Cl2N3O6/c1-16-25(29(38)40-2)28(26-21(31)5-4-6-22(26)32)27(30(39)41-3)23(33-16)15-24(37)35-9-7-34(8-10-35)19-11-17-13-20(36)14-18(17)12-19/h4-6,17-19,25,28H,7-15H2,1-3H3. The van der Waals surface area contributed by atoms with Gasteiger partial charge in [0.15, 0.2) is 0 Å². The van der Waals surface area contributed by atoms with Crippen LogP contribution in [0.5, 0.6) is 0 Å². The van der Waals surface area contributed by atoms with Gasteiger partial charge in [0.1, 0.15) is 11.7 Å². The third-order valence-electron chi connectivity index (χ3n) is 9.19. The molecule has 9 nitrogen and oxygen atoms in total. The molecule has 4 unspecified atom stereocenters. The number of benzene rings is 1. The molecule has 1 saturated heterocycles. The zero-order valence-corrected chi connectivity index (χ0v) is 25.0. The Labute approximate surface area is 249 Å². The molecule has 4 aliphatic rings. The molecule has 0 radical (unpaired) electrons. The highest BCUT2D eigenvalue weighted by molar-refractivity contribution is 6.36. The van der Waals surface area contributed by atoms with Crippen LogP contribution in [0.4, 0.5) is 0 Å². The van der Waals surface area contributed by atoms with E-state index in [0.29, 0.717) is 60.9 Å². The molecule has 41 heavy (non-hydrogen) atoms. The number of esters is 2. The number of piperazine rings is 1. The molecule has 0 spiro atoms. The molecule has 0 bridgehead atoms. The first-order chi connectivity index (χ1) is 19.6. The second-order valence-corrected chi connectivity index (χ2v) is 12.2. The van der Waals surface area contributed by atoms with Crippen molar-refractivity contribution in [2.75, 3.05) is 40.4 Å². The van der Waals surface area contributed by atoms with Gasteiger partial charge in [-0.1, -0.05) is 29.3 Å². The summed E-state index contributed by atoms with van der Waals surface area (Å²) in [5.74, 6) is -1.98. The van der Waals surface area contributed by atoms with Crippen molar-refractivity contribution in [1.82, 2.24) is 9.80 Å². The van der Waals surface area contributed by atoms with Gasteiger partial charge >= 0.3 is 11.9 Å². The van der Waals surface area contributed by atoms with E-state index in [4.69, 9.17) is 32.7 Å². The molecule has 1 aromatic carbocycles. The number of amides is 1. The molecule has 2 heterocycles. The number of hydrogen-bond donors (Lipinski definition) is 0. The van der Waals surface area contributed by atoms with Crippen LogP contribution in [0.1, 0.15) is 50.5 Å². The van der Waals surface area contributed by atoms with Crippen molar-refractivity contribution in [1.29, 1.82) is 0 Å². The Bertz CT molecular complexity index is 1280. The summed E-state index contributed by atoms with van der Waals surface area (Å²) in [7, 11) is 2.50. The van der Waals surface area contributed by atoms with Crippen LogP contribution in [0.15, 0.2) is 34.5 Å². The van der Waals surface area contributed by atoms with E-state index in [1.165, 1.54) is 14.2 Å². The molecule has 2 aliphatic carbocycles. The van der Waals surface area contributed by atoms with Crippen molar-refractivity contribution in [2.24, 2.45) is 22.7 Å². The number of Topliss-reactive ketones (excluding diaryl/α,β-unsaturated/α-hetero) is 1. The fourth-order valence-corrected chi connectivity index (χ4v) is 7.84. The molecule has 4 atom stereocenters. The lowest BCUT2D eigenvalue weighted by molar-refractivity contribution is -0.143. The van der Waals surface area contributed by atoms with Crippen molar-refractivity contribution >= 4 is 52.5 Å². The third-order valence-corrected chi connectivity index (χ3v) is 9.85. The Kier molecular flexibility index (Phi) is 8.87. The molecule has 2 saturated carbocycles. The number of methoxy groups -OCH3 is 2. The van der Waals surface area contributed by atoms with Crippen LogP contribution in [-0.2, 0) is 28.7 Å². The minimum absolute atomic E-state index is 0.0718. The second kappa shape index (κ2) is 12.2. The highest BCUT2D eigenvalue weighted by Crippen LogP contribution is 2.46. The van der Waals surface area contributed by atoms with Gasteiger partial charge < -0.3 is 14.4 Å². The zero-order valence-electron chi connectivity index (χ0n) is 23.5. The molecule has 1 amide bonds. The number of ether oxygens (including phenoxy) is 2. The molecule has 2 aliphatic heterocycles. The van der Waals surface area contributed by atoms with E-state index in [2.05, 4.69) is 9.89 Å². The van der Waals surface area contributed by atoms with E-state index in [0.717, 1.165) is 25.9 Å². The van der Waals surface area contributed by atoms with E-state index in [1.807, 2.05) is 0 Å². The van der Waals surface area contributed by atoms with Crippen LogP contribution in [0.2, 0.25) is 10.0 Å². The number of carbonyl (C=O) groups is 4. The Morgan fingerprint density at radius 3 is 2.15 bits per heavy atom. The summed E-state index contributed by atoms with van der Waals surface area (Å²) in [6.07, 6.45) is 3.41. The summed E-state index contributed by atoms with van der Waals surface area (Å²) in [4.78, 5) is 60.4. The van der Waals surface area contributed by atoms with Crippen molar-refractivity contribution in [3.63, 3.8) is 0 Å². The van der Waals surface area contributed by atoms with E-state index < -0.39 is 23.8 Å². The van der Waals surface area contributed by atoms with Crippen molar-refractivity contribution in [3.8, 4) is 0 Å². The van der Waals surface area contributed by atoms with Crippen LogP contribution in [0, 0.1) is 17.8 Å². The SMILES string of the molecule is COC(=O)C1=C(CC(=O)N2CCN(C3CC4CC(=O)CC4C3)CC2)N=C(C)C(C(=O)OC)C1c1c(Cl)cccc1Cl. The van der Waals surface area contributed by atoms with Gasteiger partial charge in [0.05, 0.1) is 31.9 Å². The molecule has 11 heteroatoms. The minimum atomic E-state index is -0.977. The first kappa shape index (κ1) is 29.7. The summed E-state index contributed by atoms with van der Waals surface area (Å²) in [5, 5.41) is 0.546. The Morgan fingerprint density at radius 2 is 1.59 bits per heavy atom. The lowest BCUT2D eigenvalue weighted by Crippen LogP contribution is -2.51. The number of rotatable bonds is 6. The maximum absolute atomic E-state index is 13.6. The largest absolute Gasteiger partial charge is 0.468 e. The topological polar surface area (TPSA) is 106 Å². The maximum Gasteiger partial charge on any atom is 0.336 e. The number of nitrogens with zero attached hydrogens (tertiary/aromatic N) is 3. The Hall–Kier alpha value is -2.75. The van der Waals surface area contributed by atoms with Crippen molar-refractivity contribution in [2.45, 2.75) is 51.0 Å². The summed E-state index contributed by atoms with van der Waals surface area (Å²) in [6.45, 7) is 4.32. The van der Waals surface area contributed by atoms with E-state index in [9.17, 15) is 19.2 Å². The van der Waals surface area contributed by atoms with Crippen LogP contribution in [-0.4, -0.2) is 85.6 Å². The lowest BCUT2D eigenvalue weighted by Gasteiger charge is -2.39. The van der Waals surface area contributed by atoms with Crippen molar-refractivity contribution < 1.29 is 28.7 Å². The van der Waals surface area contributed by atoms with Crippen LogP contribution in [0.3, 0.4) is 0 Å². The lowest BCUT2D eigenvalue weighted by atomic mass is 9.75. The van der Waals surface area contributed by atoms with Gasteiger partial charge in [-0.2, -0.15) is 0 Å². The molecule has 0 aromatic heterocycles. The number of halogens is 2. The van der Waals surface area contributed by atoms with Gasteiger partial charge in [-0.05, 0) is 49.3 Å². The Morgan fingerprint density at radius 1 is 0.976 bits per heavy atom. The average Bonchev–Trinajstić information content (AvgIpc) is 3.50. The van der Waals surface area contributed by atoms with Crippen molar-refractivity contribution in [3.05, 3.63) is 45.1 Å². The summed E-state index contributed by atoms with van der Waals surface area (Å²) in [6, 6.07) is 5.40. The quantitative estimate of drug-likeness (QED) is 0.451. The number of fused-ring (bicyclic) bond motifs is 1. The summed E-state index contributed by atoms with van der Waals surface area (Å²) in [5.41, 5.74) is 1.07. The molecular weight excluding hydrogens is 569 g/mol. The highest BCUT2D eigenvalue weighted by Gasteiger charge is 2.46. The van der Waals surface area contributed by atoms with Crippen LogP contribution >= 0.6 is 23.2 Å².